The van der Waals surface area contributed by atoms with E-state index in [0.29, 0.717) is 0 Å². The Balaban J connectivity index is 2.60. The van der Waals surface area contributed by atoms with E-state index >= 15 is 0 Å². The van der Waals surface area contributed by atoms with Gasteiger partial charge in [0.2, 0.25) is 0 Å². The average Bonchev–Trinajstić information content (AvgIpc) is 2.79. The first-order chi connectivity index (χ1) is 9.83. The summed E-state index contributed by atoms with van der Waals surface area (Å²) in [5.41, 5.74) is 0. The molecule has 1 heterocycles. The minimum atomic E-state index is -0.994. The summed E-state index contributed by atoms with van der Waals surface area (Å²) in [6.45, 7) is 7.50. The van der Waals surface area contributed by atoms with Gasteiger partial charge in [-0.2, -0.15) is 0 Å². The lowest BCUT2D eigenvalue weighted by Gasteiger charge is -2.28. The molecule has 1 aromatic rings. The number of hydrogen-bond acceptors (Lipinski definition) is 3. The van der Waals surface area contributed by atoms with Crippen LogP contribution in [0.15, 0.2) is 12.1 Å². The first-order valence-electron chi connectivity index (χ1n) is 7.17. The second-order valence-electron chi connectivity index (χ2n) is 5.35. The predicted octanol–water partition coefficient (Wildman–Crippen LogP) is 2.88. The maximum Gasteiger partial charge on any atom is 0.323 e. The standard InChI is InChI=1S/C15H24N2O3S/c1-5-11(3)17(9-14(18)19)15(20)16-10(2)8-13-7-6-12(4)21-13/h6-7,10-11H,5,8-9H2,1-4H3,(H,16,20)(H,18,19). The molecule has 1 rings (SSSR count). The van der Waals surface area contributed by atoms with Crippen molar-refractivity contribution in [2.45, 2.75) is 52.6 Å². The number of nitrogens with one attached hydrogen (secondary N) is 1. The van der Waals surface area contributed by atoms with Gasteiger partial charge in [-0.1, -0.05) is 6.92 Å². The van der Waals surface area contributed by atoms with Crippen LogP contribution >= 0.6 is 11.3 Å². The maximum absolute atomic E-state index is 12.2. The van der Waals surface area contributed by atoms with Gasteiger partial charge in [-0.25, -0.2) is 4.79 Å². The van der Waals surface area contributed by atoms with Gasteiger partial charge < -0.3 is 15.3 Å². The predicted molar refractivity (Wildman–Crippen MR) is 84.8 cm³/mol. The Bertz CT molecular complexity index is 487. The van der Waals surface area contributed by atoms with Crippen LogP contribution in [0.25, 0.3) is 0 Å². The molecule has 0 saturated carbocycles. The monoisotopic (exact) mass is 312 g/mol. The van der Waals surface area contributed by atoms with Crippen LogP contribution in [0.4, 0.5) is 4.79 Å². The van der Waals surface area contributed by atoms with Crippen molar-refractivity contribution in [1.29, 1.82) is 0 Å². The van der Waals surface area contributed by atoms with E-state index in [1.165, 1.54) is 14.7 Å². The highest BCUT2D eigenvalue weighted by molar-refractivity contribution is 7.11. The molecule has 1 aromatic heterocycles. The van der Waals surface area contributed by atoms with Gasteiger partial charge in [-0.15, -0.1) is 11.3 Å². The summed E-state index contributed by atoms with van der Waals surface area (Å²) in [6, 6.07) is 3.68. The Hall–Kier alpha value is -1.56. The minimum Gasteiger partial charge on any atom is -0.480 e. The Morgan fingerprint density at radius 2 is 2.05 bits per heavy atom. The third-order valence-corrected chi connectivity index (χ3v) is 4.39. The zero-order chi connectivity index (χ0) is 16.0. The fourth-order valence-electron chi connectivity index (χ4n) is 2.04. The van der Waals surface area contributed by atoms with Crippen molar-refractivity contribution in [3.05, 3.63) is 21.9 Å². The zero-order valence-corrected chi connectivity index (χ0v) is 13.9. The number of amides is 2. The molecule has 6 heteroatoms. The number of nitrogens with zero attached hydrogens (tertiary/aromatic N) is 1. The lowest BCUT2D eigenvalue weighted by molar-refractivity contribution is -0.138. The number of carboxylic acids is 1. The molecule has 0 fully saturated rings. The highest BCUT2D eigenvalue weighted by Crippen LogP contribution is 2.16. The molecule has 2 N–H and O–H groups in total. The number of hydrogen-bond donors (Lipinski definition) is 2. The van der Waals surface area contributed by atoms with Crippen LogP contribution in [0, 0.1) is 6.92 Å². The topological polar surface area (TPSA) is 69.6 Å². The smallest absolute Gasteiger partial charge is 0.323 e. The molecule has 0 aliphatic heterocycles. The number of carboxylic acid groups (broad SMARTS) is 1. The normalized spacial score (nSPS) is 13.5. The molecule has 21 heavy (non-hydrogen) atoms. The number of urea groups is 1. The van der Waals surface area contributed by atoms with Crippen molar-refractivity contribution in [1.82, 2.24) is 10.2 Å². The summed E-state index contributed by atoms with van der Waals surface area (Å²) in [5.74, 6) is -0.994. The van der Waals surface area contributed by atoms with Gasteiger partial charge in [0.25, 0.3) is 0 Å². The first kappa shape index (κ1) is 17.5. The van der Waals surface area contributed by atoms with Crippen LogP contribution < -0.4 is 5.32 Å². The largest absolute Gasteiger partial charge is 0.480 e. The average molecular weight is 312 g/mol. The van der Waals surface area contributed by atoms with Crippen LogP contribution in [-0.2, 0) is 11.2 Å². The third-order valence-electron chi connectivity index (χ3n) is 3.36. The molecule has 0 aromatic carbocycles. The van der Waals surface area contributed by atoms with Crippen molar-refractivity contribution >= 4 is 23.3 Å². The van der Waals surface area contributed by atoms with Gasteiger partial charge in [-0.3, -0.25) is 4.79 Å². The second kappa shape index (κ2) is 8.02. The number of aliphatic carboxylic acids is 1. The van der Waals surface area contributed by atoms with Gasteiger partial charge in [0, 0.05) is 28.3 Å². The lowest BCUT2D eigenvalue weighted by atomic mass is 10.2. The van der Waals surface area contributed by atoms with Crippen molar-refractivity contribution in [2.24, 2.45) is 0 Å². The third kappa shape index (κ3) is 5.75. The van der Waals surface area contributed by atoms with Gasteiger partial charge >= 0.3 is 12.0 Å². The van der Waals surface area contributed by atoms with E-state index in [1.807, 2.05) is 20.8 Å². The summed E-state index contributed by atoms with van der Waals surface area (Å²) in [7, 11) is 0. The van der Waals surface area contributed by atoms with Gasteiger partial charge in [-0.05, 0) is 39.3 Å². The fourth-order valence-corrected chi connectivity index (χ4v) is 3.05. The summed E-state index contributed by atoms with van der Waals surface area (Å²) >= 11 is 1.71. The maximum atomic E-state index is 12.2. The fraction of sp³-hybridized carbons (Fsp3) is 0.600. The molecule has 118 valence electrons. The summed E-state index contributed by atoms with van der Waals surface area (Å²) < 4.78 is 0. The van der Waals surface area contributed by atoms with Crippen molar-refractivity contribution < 1.29 is 14.7 Å². The van der Waals surface area contributed by atoms with E-state index in [9.17, 15) is 9.59 Å². The second-order valence-corrected chi connectivity index (χ2v) is 6.72. The molecule has 0 radical (unpaired) electrons. The number of aryl methyl sites for hydroxylation is 1. The van der Waals surface area contributed by atoms with Crippen molar-refractivity contribution in [2.75, 3.05) is 6.54 Å². The minimum absolute atomic E-state index is 0.0316. The number of carbonyl (C=O) groups excluding carboxylic acids is 1. The molecular formula is C15H24N2O3S. The van der Waals surface area contributed by atoms with E-state index in [2.05, 4.69) is 24.4 Å². The number of rotatable bonds is 7. The Labute approximate surface area is 130 Å². The highest BCUT2D eigenvalue weighted by atomic mass is 32.1. The van der Waals surface area contributed by atoms with E-state index < -0.39 is 5.97 Å². The van der Waals surface area contributed by atoms with Crippen LogP contribution in [0.3, 0.4) is 0 Å². The van der Waals surface area contributed by atoms with Crippen LogP contribution in [-0.4, -0.2) is 40.6 Å². The van der Waals surface area contributed by atoms with Gasteiger partial charge in [0.05, 0.1) is 0 Å². The van der Waals surface area contributed by atoms with Gasteiger partial charge in [0.1, 0.15) is 6.54 Å². The van der Waals surface area contributed by atoms with Crippen molar-refractivity contribution in [3.8, 4) is 0 Å². The quantitative estimate of drug-likeness (QED) is 0.813. The lowest BCUT2D eigenvalue weighted by Crippen LogP contribution is -2.50. The zero-order valence-electron chi connectivity index (χ0n) is 13.0. The SMILES string of the molecule is CCC(C)N(CC(=O)O)C(=O)NC(C)Cc1ccc(C)s1. The van der Waals surface area contributed by atoms with E-state index in [4.69, 9.17) is 5.11 Å². The number of carbonyl (C=O) groups is 2. The molecule has 2 atom stereocenters. The molecule has 0 spiro atoms. The summed E-state index contributed by atoms with van der Waals surface area (Å²) in [5, 5.41) is 11.8. The molecule has 5 nitrogen and oxygen atoms in total. The first-order valence-corrected chi connectivity index (χ1v) is 7.99. The highest BCUT2D eigenvalue weighted by Gasteiger charge is 2.22. The summed E-state index contributed by atoms with van der Waals surface area (Å²) in [6.07, 6.45) is 1.48. The Kier molecular flexibility index (Phi) is 6.68. The summed E-state index contributed by atoms with van der Waals surface area (Å²) in [4.78, 5) is 27.0. The van der Waals surface area contributed by atoms with E-state index in [1.54, 1.807) is 11.3 Å². The molecular weight excluding hydrogens is 288 g/mol. The molecule has 2 amide bonds. The van der Waals surface area contributed by atoms with Crippen molar-refractivity contribution in [3.63, 3.8) is 0 Å². The van der Waals surface area contributed by atoms with Gasteiger partial charge in [0.15, 0.2) is 0 Å². The van der Waals surface area contributed by atoms with Crippen LogP contribution in [0.5, 0.6) is 0 Å². The molecule has 0 aliphatic rings. The number of thiophene rings is 1. The van der Waals surface area contributed by atoms with E-state index in [-0.39, 0.29) is 24.7 Å². The Morgan fingerprint density at radius 3 is 2.52 bits per heavy atom. The Morgan fingerprint density at radius 1 is 1.38 bits per heavy atom. The molecule has 0 bridgehead atoms. The molecule has 0 aliphatic carbocycles. The van der Waals surface area contributed by atoms with Crippen LogP contribution in [0.1, 0.15) is 36.9 Å². The van der Waals surface area contributed by atoms with Crippen LogP contribution in [0.2, 0.25) is 0 Å². The van der Waals surface area contributed by atoms with E-state index in [0.717, 1.165) is 12.8 Å². The molecule has 0 saturated heterocycles. The molecule has 2 unspecified atom stereocenters.